The number of hydrogen-bond acceptors (Lipinski definition) is 2. The van der Waals surface area contributed by atoms with Crippen molar-refractivity contribution >= 4 is 39.1 Å². The van der Waals surface area contributed by atoms with Crippen LogP contribution in [-0.4, -0.2) is 5.91 Å². The van der Waals surface area contributed by atoms with Crippen LogP contribution >= 0.6 is 0 Å². The van der Waals surface area contributed by atoms with E-state index in [0.717, 1.165) is 33.2 Å². The number of aryl methyl sites for hydroxylation is 1. The summed E-state index contributed by atoms with van der Waals surface area (Å²) in [6, 6.07) is 13.8. The number of benzene rings is 2. The molecule has 100 valence electrons. The molecule has 0 aliphatic carbocycles. The van der Waals surface area contributed by atoms with Crippen molar-refractivity contribution in [2.24, 2.45) is 7.05 Å². The van der Waals surface area contributed by atoms with Crippen molar-refractivity contribution in [1.29, 1.82) is 0 Å². The monoisotopic (exact) mass is 266 g/mol. The second-order valence-corrected chi connectivity index (χ2v) is 4.90. The molecule has 0 unspecified atom stereocenters. The Bertz CT molecular complexity index is 840. The molecule has 3 rings (SSSR count). The number of nitrogen functional groups attached to an aromatic ring is 1. The maximum atomic E-state index is 11.2. The van der Waals surface area contributed by atoms with Crippen molar-refractivity contribution < 1.29 is 9.36 Å². The van der Waals surface area contributed by atoms with Crippen molar-refractivity contribution in [2.75, 3.05) is 11.1 Å². The van der Waals surface area contributed by atoms with E-state index in [-0.39, 0.29) is 5.91 Å². The zero-order chi connectivity index (χ0) is 14.3. The highest BCUT2D eigenvalue weighted by molar-refractivity contribution is 6.05. The molecule has 0 fully saturated rings. The van der Waals surface area contributed by atoms with Crippen LogP contribution in [0.4, 0.5) is 11.4 Å². The fraction of sp³-hybridized carbons (Fsp3) is 0.125. The van der Waals surface area contributed by atoms with E-state index in [4.69, 9.17) is 5.73 Å². The van der Waals surface area contributed by atoms with Gasteiger partial charge in [-0.2, -0.15) is 4.57 Å². The molecule has 20 heavy (non-hydrogen) atoms. The van der Waals surface area contributed by atoms with Gasteiger partial charge in [-0.15, -0.1) is 0 Å². The topological polar surface area (TPSA) is 59.0 Å². The summed E-state index contributed by atoms with van der Waals surface area (Å²) in [4.78, 5) is 11.2. The number of amides is 1. The third kappa shape index (κ3) is 1.86. The molecule has 2 aromatic carbocycles. The van der Waals surface area contributed by atoms with Gasteiger partial charge in [-0.05, 0) is 18.2 Å². The molecule has 0 saturated carbocycles. The summed E-state index contributed by atoms with van der Waals surface area (Å²) in [5.74, 6) is -0.0897. The van der Waals surface area contributed by atoms with Gasteiger partial charge in [0.15, 0.2) is 0 Å². The van der Waals surface area contributed by atoms with Crippen molar-refractivity contribution in [3.05, 3.63) is 42.5 Å². The van der Waals surface area contributed by atoms with E-state index in [0.29, 0.717) is 0 Å². The van der Waals surface area contributed by atoms with Crippen LogP contribution in [-0.2, 0) is 11.8 Å². The minimum Gasteiger partial charge on any atom is -0.397 e. The first kappa shape index (κ1) is 12.4. The number of nitrogens with one attached hydrogen (secondary N) is 1. The first-order chi connectivity index (χ1) is 9.58. The summed E-state index contributed by atoms with van der Waals surface area (Å²) < 4.78 is 2.11. The Morgan fingerprint density at radius 2 is 1.80 bits per heavy atom. The van der Waals surface area contributed by atoms with Gasteiger partial charge in [-0.3, -0.25) is 4.79 Å². The predicted octanol–water partition coefficient (Wildman–Crippen LogP) is 2.36. The lowest BCUT2D eigenvalue weighted by molar-refractivity contribution is -0.617. The largest absolute Gasteiger partial charge is 0.397 e. The molecule has 4 heteroatoms. The summed E-state index contributed by atoms with van der Waals surface area (Å²) in [6.45, 7) is 1.49. The lowest BCUT2D eigenvalue weighted by atomic mass is 10.1. The van der Waals surface area contributed by atoms with E-state index in [1.165, 1.54) is 6.92 Å². The fourth-order valence-electron chi connectivity index (χ4n) is 2.59. The molecule has 1 amide bonds. The number of aromatic nitrogens is 1. The van der Waals surface area contributed by atoms with Gasteiger partial charge in [-0.25, -0.2) is 0 Å². The van der Waals surface area contributed by atoms with E-state index in [1.807, 2.05) is 49.5 Å². The average molecular weight is 266 g/mol. The van der Waals surface area contributed by atoms with Crippen LogP contribution in [0.15, 0.2) is 42.5 Å². The minimum absolute atomic E-state index is 0.0897. The van der Waals surface area contributed by atoms with Crippen LogP contribution in [0.5, 0.6) is 0 Å². The summed E-state index contributed by atoms with van der Waals surface area (Å²) in [7, 11) is 2.02. The van der Waals surface area contributed by atoms with Crippen LogP contribution in [0.25, 0.3) is 21.8 Å². The van der Waals surface area contributed by atoms with E-state index in [1.54, 1.807) is 0 Å². The van der Waals surface area contributed by atoms with E-state index < -0.39 is 0 Å². The normalized spacial score (nSPS) is 10.9. The van der Waals surface area contributed by atoms with Crippen molar-refractivity contribution in [3.8, 4) is 0 Å². The second kappa shape index (κ2) is 4.49. The van der Waals surface area contributed by atoms with Gasteiger partial charge in [0, 0.05) is 24.7 Å². The average Bonchev–Trinajstić information content (AvgIpc) is 2.44. The molecule has 3 aromatic rings. The molecule has 0 atom stereocenters. The molecule has 0 spiro atoms. The number of para-hydroxylation sites is 1. The van der Waals surface area contributed by atoms with Crippen LogP contribution in [0.2, 0.25) is 0 Å². The fourth-order valence-corrected chi connectivity index (χ4v) is 2.59. The zero-order valence-corrected chi connectivity index (χ0v) is 11.5. The molecule has 3 N–H and O–H groups in total. The summed E-state index contributed by atoms with van der Waals surface area (Å²) in [5.41, 5.74) is 9.92. The van der Waals surface area contributed by atoms with Crippen molar-refractivity contribution in [2.45, 2.75) is 6.92 Å². The number of nitrogens with two attached hydrogens (primary N) is 1. The number of carbonyl (C=O) groups is 1. The number of anilines is 2. The lowest BCUT2D eigenvalue weighted by Gasteiger charge is -2.08. The molecule has 0 aliphatic heterocycles. The number of nitrogens with zero attached hydrogens (tertiary/aromatic N) is 1. The highest BCUT2D eigenvalue weighted by Gasteiger charge is 2.16. The zero-order valence-electron chi connectivity index (χ0n) is 11.5. The van der Waals surface area contributed by atoms with Gasteiger partial charge >= 0.3 is 0 Å². The summed E-state index contributed by atoms with van der Waals surface area (Å²) in [5, 5.41) is 4.75. The predicted molar refractivity (Wildman–Crippen MR) is 81.3 cm³/mol. The third-order valence-corrected chi connectivity index (χ3v) is 3.52. The quantitative estimate of drug-likeness (QED) is 0.524. The SMILES string of the molecule is CC(=O)Nc1ccc2c(c1)c(N)c1ccccc1[n+]2C. The van der Waals surface area contributed by atoms with Crippen LogP contribution in [0, 0.1) is 0 Å². The molecule has 0 aliphatic rings. The van der Waals surface area contributed by atoms with Gasteiger partial charge in [0.2, 0.25) is 16.9 Å². The maximum Gasteiger partial charge on any atom is 0.221 e. The van der Waals surface area contributed by atoms with Gasteiger partial charge in [0.1, 0.15) is 7.05 Å². The Labute approximate surface area is 116 Å². The number of fused-ring (bicyclic) bond motifs is 2. The Balaban J connectivity index is 2.37. The van der Waals surface area contributed by atoms with E-state index in [2.05, 4.69) is 9.88 Å². The number of hydrogen-bond donors (Lipinski definition) is 2. The van der Waals surface area contributed by atoms with E-state index in [9.17, 15) is 4.79 Å². The number of carbonyl (C=O) groups excluding carboxylic acids is 1. The van der Waals surface area contributed by atoms with Gasteiger partial charge in [-0.1, -0.05) is 12.1 Å². The second-order valence-electron chi connectivity index (χ2n) is 4.90. The molecular formula is C16H16N3O+. The van der Waals surface area contributed by atoms with Gasteiger partial charge < -0.3 is 11.1 Å². The lowest BCUT2D eigenvalue weighted by Crippen LogP contribution is -2.30. The first-order valence-electron chi connectivity index (χ1n) is 6.45. The molecule has 4 nitrogen and oxygen atoms in total. The van der Waals surface area contributed by atoms with Crippen LogP contribution < -0.4 is 15.6 Å². The molecule has 0 radical (unpaired) electrons. The Morgan fingerprint density at radius 1 is 1.10 bits per heavy atom. The summed E-state index contributed by atoms with van der Waals surface area (Å²) >= 11 is 0. The molecule has 0 bridgehead atoms. The minimum atomic E-state index is -0.0897. The highest BCUT2D eigenvalue weighted by atomic mass is 16.1. The first-order valence-corrected chi connectivity index (χ1v) is 6.45. The number of pyridine rings is 1. The van der Waals surface area contributed by atoms with Gasteiger partial charge in [0.05, 0.1) is 16.5 Å². The Kier molecular flexibility index (Phi) is 2.79. The summed E-state index contributed by atoms with van der Waals surface area (Å²) in [6.07, 6.45) is 0. The van der Waals surface area contributed by atoms with Crippen molar-refractivity contribution in [3.63, 3.8) is 0 Å². The van der Waals surface area contributed by atoms with E-state index >= 15 is 0 Å². The highest BCUT2D eigenvalue weighted by Crippen LogP contribution is 2.28. The standard InChI is InChI=1S/C16H15N3O/c1-10(20)18-11-7-8-15-13(9-11)16(17)12-5-3-4-6-14(12)19(15)2/h3-9,17H,1-2H3,(H,18,20)/p+1. The molecule has 1 heterocycles. The molecule has 1 aromatic heterocycles. The van der Waals surface area contributed by atoms with Crippen LogP contribution in [0.1, 0.15) is 6.92 Å². The molecular weight excluding hydrogens is 250 g/mol. The van der Waals surface area contributed by atoms with Crippen molar-refractivity contribution in [1.82, 2.24) is 0 Å². The van der Waals surface area contributed by atoms with Crippen LogP contribution in [0.3, 0.4) is 0 Å². The number of rotatable bonds is 1. The Hall–Kier alpha value is -2.62. The third-order valence-electron chi connectivity index (χ3n) is 3.52. The van der Waals surface area contributed by atoms with Gasteiger partial charge in [0.25, 0.3) is 0 Å². The maximum absolute atomic E-state index is 11.2. The molecule has 0 saturated heterocycles. The smallest absolute Gasteiger partial charge is 0.221 e. The Morgan fingerprint density at radius 3 is 2.55 bits per heavy atom.